The smallest absolute Gasteiger partial charge is 0.427 e. The first-order valence-electron chi connectivity index (χ1n) is 30.0. The van der Waals surface area contributed by atoms with Gasteiger partial charge in [-0.05, 0) is 113 Å². The van der Waals surface area contributed by atoms with Crippen molar-refractivity contribution in [3.05, 3.63) is 129 Å². The first kappa shape index (κ1) is 70.2. The highest BCUT2D eigenvalue weighted by Gasteiger charge is 2.44. The Hall–Kier alpha value is -4.31. The maximum Gasteiger partial charge on any atom is 0.490 e. The van der Waals surface area contributed by atoms with Gasteiger partial charge in [0.2, 0.25) is 0 Å². The Balaban J connectivity index is 1.25. The summed E-state index contributed by atoms with van der Waals surface area (Å²) in [5.74, 6) is -0.837. The summed E-state index contributed by atoms with van der Waals surface area (Å²) in [4.78, 5) is 73.0. The fourth-order valence-electron chi connectivity index (χ4n) is 9.14. The number of ether oxygens (including phenoxy) is 2. The molecule has 0 spiro atoms. The van der Waals surface area contributed by atoms with Crippen LogP contribution in [0.25, 0.3) is 0 Å². The van der Waals surface area contributed by atoms with E-state index in [-0.39, 0.29) is 30.8 Å². The molecule has 3 N–H and O–H groups in total. The molecule has 0 radical (unpaired) electrons. The minimum Gasteiger partial charge on any atom is -0.427 e. The quantitative estimate of drug-likeness (QED) is 0.0156. The van der Waals surface area contributed by atoms with Gasteiger partial charge >= 0.3 is 41.1 Å². The average Bonchev–Trinajstić information content (AvgIpc) is 4.14. The van der Waals surface area contributed by atoms with Gasteiger partial charge in [-0.2, -0.15) is 8.62 Å². The second-order valence-corrected chi connectivity index (χ2v) is 26.1. The Bertz CT molecular complexity index is 2560. The summed E-state index contributed by atoms with van der Waals surface area (Å²) in [6.07, 6.45) is 44.3. The fraction of sp³-hybridized carbons (Fsp3) is 0.607. The van der Waals surface area contributed by atoms with E-state index in [9.17, 15) is 42.7 Å². The van der Waals surface area contributed by atoms with Crippen LogP contribution >= 0.6 is 23.5 Å². The molecule has 1 aromatic heterocycles. The Labute approximate surface area is 486 Å². The number of aromatic nitrogens is 2. The number of rotatable bonds is 46. The van der Waals surface area contributed by atoms with Crippen LogP contribution in [-0.4, -0.2) is 37.9 Å². The number of carbonyl (C=O) groups excluding carboxylic acids is 2. The molecule has 0 saturated heterocycles. The second-order valence-electron chi connectivity index (χ2n) is 21.2. The van der Waals surface area contributed by atoms with Crippen LogP contribution in [0, 0.1) is 12.8 Å². The number of unbranched alkanes of at least 4 members (excludes halogenated alkanes) is 22. The maximum atomic E-state index is 14.2. The number of H-pyrrole nitrogens is 1. The third kappa shape index (κ3) is 31.0. The summed E-state index contributed by atoms with van der Waals surface area (Å²) in [7, 11) is -16.4. The molecule has 2 aromatic carbocycles. The summed E-state index contributed by atoms with van der Waals surface area (Å²) < 4.78 is 78.3. The molecule has 18 nitrogen and oxygen atoms in total. The molecule has 0 bridgehead atoms. The largest absolute Gasteiger partial charge is 0.490 e. The lowest BCUT2D eigenvalue weighted by atomic mass is 10.1. The van der Waals surface area contributed by atoms with Crippen molar-refractivity contribution in [3.8, 4) is 11.5 Å². The SMILES string of the molecule is CCCCCCCC/C=C\CCCCCCCC(=O)Oc1ccc(COP(=O)(OCc2ccc(OC(=O)CCCCCCC/C=C\CCCCCCCC)cc2)OP(=O)(O)OP(=O)(O)OC[C@@H]2C=C[C@H](n3cc(C)c(=O)[nH]c3=O)C2)cc1. The van der Waals surface area contributed by atoms with E-state index in [4.69, 9.17) is 27.4 Å². The van der Waals surface area contributed by atoms with Gasteiger partial charge in [-0.1, -0.05) is 177 Å². The number of hydrogen-bond acceptors (Lipinski definition) is 14. The minimum absolute atomic E-state index is 0.207. The van der Waals surface area contributed by atoms with E-state index < -0.39 is 78.4 Å². The van der Waals surface area contributed by atoms with Gasteiger partial charge in [0.25, 0.3) is 5.56 Å². The topological polar surface area (TPSA) is 245 Å². The molecule has 0 fully saturated rings. The Kier molecular flexibility index (Phi) is 34.3. The maximum absolute atomic E-state index is 14.2. The van der Waals surface area contributed by atoms with Crippen molar-refractivity contribution in [3.63, 3.8) is 0 Å². The molecule has 1 aliphatic carbocycles. The number of aryl methyl sites for hydroxylation is 1. The van der Waals surface area contributed by atoms with Crippen molar-refractivity contribution in [1.82, 2.24) is 9.55 Å². The highest BCUT2D eigenvalue weighted by atomic mass is 31.3. The molecule has 4 rings (SSSR count). The summed E-state index contributed by atoms with van der Waals surface area (Å²) >= 11 is 0. The molecule has 0 saturated carbocycles. The van der Waals surface area contributed by atoms with Crippen LogP contribution < -0.4 is 20.7 Å². The number of phosphoric acid groups is 3. The van der Waals surface area contributed by atoms with E-state index in [1.165, 1.54) is 143 Å². The second kappa shape index (κ2) is 40.1. The van der Waals surface area contributed by atoms with Gasteiger partial charge in [0.05, 0.1) is 25.9 Å². The first-order valence-corrected chi connectivity index (χ1v) is 34.5. The fourth-order valence-corrected chi connectivity index (χ4v) is 13.2. The number of aromatic amines is 1. The summed E-state index contributed by atoms with van der Waals surface area (Å²) in [5.41, 5.74) is -0.175. The van der Waals surface area contributed by atoms with E-state index in [0.717, 1.165) is 77.0 Å². The lowest BCUT2D eigenvalue weighted by molar-refractivity contribution is -0.135. The van der Waals surface area contributed by atoms with Gasteiger partial charge < -0.3 is 19.3 Å². The van der Waals surface area contributed by atoms with Crippen molar-refractivity contribution in [1.29, 1.82) is 0 Å². The molecule has 82 heavy (non-hydrogen) atoms. The third-order valence-electron chi connectivity index (χ3n) is 13.9. The number of allylic oxidation sites excluding steroid dienone is 5. The van der Waals surface area contributed by atoms with Crippen molar-refractivity contribution < 1.29 is 64.7 Å². The van der Waals surface area contributed by atoms with Gasteiger partial charge in [0.1, 0.15) is 11.5 Å². The number of phosphoric ester groups is 2. The van der Waals surface area contributed by atoms with E-state index in [1.54, 1.807) is 12.2 Å². The number of hydrogen-bond donors (Lipinski definition) is 3. The molecule has 21 heteroatoms. The highest BCUT2D eigenvalue weighted by Crippen LogP contribution is 2.70. The molecule has 0 aliphatic heterocycles. The predicted molar refractivity (Wildman–Crippen MR) is 320 cm³/mol. The van der Waals surface area contributed by atoms with Crippen LogP contribution in [-0.2, 0) is 58.7 Å². The zero-order chi connectivity index (χ0) is 59.3. The van der Waals surface area contributed by atoms with Crippen molar-refractivity contribution in [2.45, 2.75) is 226 Å². The van der Waals surface area contributed by atoms with Crippen molar-refractivity contribution in [2.75, 3.05) is 6.61 Å². The monoisotopic (exact) mass is 1200 g/mol. The van der Waals surface area contributed by atoms with E-state index in [1.807, 2.05) is 0 Å². The molecule has 458 valence electrons. The average molecular weight is 1200 g/mol. The molecule has 2 unspecified atom stereocenters. The van der Waals surface area contributed by atoms with Crippen molar-refractivity contribution in [2.24, 2.45) is 5.92 Å². The summed E-state index contributed by atoms with van der Waals surface area (Å²) in [5, 5.41) is 0. The molecule has 4 atom stereocenters. The Morgan fingerprint density at radius 3 is 1.41 bits per heavy atom. The number of esters is 2. The first-order chi connectivity index (χ1) is 39.5. The van der Waals surface area contributed by atoms with Gasteiger partial charge in [-0.25, -0.2) is 18.5 Å². The van der Waals surface area contributed by atoms with Crippen LogP contribution in [0.1, 0.15) is 223 Å². The molecular weight excluding hydrogens is 1110 g/mol. The van der Waals surface area contributed by atoms with Gasteiger partial charge in [0.15, 0.2) is 0 Å². The number of carbonyl (C=O) groups is 2. The summed E-state index contributed by atoms with van der Waals surface area (Å²) in [6, 6.07) is 11.5. The predicted octanol–water partition coefficient (Wildman–Crippen LogP) is 16.6. The molecular formula is C61H93N2O16P3. The third-order valence-corrected chi connectivity index (χ3v) is 18.5. The van der Waals surface area contributed by atoms with Crippen LogP contribution in [0.5, 0.6) is 11.5 Å². The standard InChI is InChI=1S/C61H93N2O16P3/c1-4-6-8-10-12-14-16-18-20-22-24-26-28-30-32-34-58(64)76-56-42-37-52(38-43-56)48-74-82(72,79-81(70,71)78-80(68,69)73-50-54-36-41-55(46-54)63-47-51(3)60(66)62-61(63)67)75-49-53-39-44-57(45-40-53)77-59(65)35-33-31-29-27-25-23-21-19-17-15-13-11-9-7-5-2/h18-21,36-45,47,54-55H,4-17,22-35,46,48-50H2,1-3H3,(H,68,69)(H,70,71)(H,62,66,67)/b20-18-,21-19-/t54-,55+/m1/s1. The van der Waals surface area contributed by atoms with E-state index in [2.05, 4.69) is 47.4 Å². The summed E-state index contributed by atoms with van der Waals surface area (Å²) in [6.45, 7) is 4.42. The zero-order valence-corrected chi connectivity index (χ0v) is 51.5. The molecule has 0 amide bonds. The van der Waals surface area contributed by atoms with Gasteiger partial charge in [-0.15, -0.1) is 0 Å². The van der Waals surface area contributed by atoms with Gasteiger partial charge in [0, 0.05) is 30.5 Å². The minimum atomic E-state index is -5.79. The lowest BCUT2D eigenvalue weighted by Crippen LogP contribution is -2.32. The Morgan fingerprint density at radius 1 is 0.561 bits per heavy atom. The molecule has 1 aliphatic rings. The van der Waals surface area contributed by atoms with E-state index >= 15 is 0 Å². The van der Waals surface area contributed by atoms with Crippen molar-refractivity contribution >= 4 is 35.4 Å². The molecule has 1 heterocycles. The number of benzene rings is 2. The normalized spacial score (nSPS) is 16.0. The van der Waals surface area contributed by atoms with Gasteiger partial charge in [-0.3, -0.25) is 37.5 Å². The highest BCUT2D eigenvalue weighted by molar-refractivity contribution is 7.67. The molecule has 3 aromatic rings. The van der Waals surface area contributed by atoms with Crippen LogP contribution in [0.15, 0.2) is 101 Å². The van der Waals surface area contributed by atoms with Crippen LogP contribution in [0.2, 0.25) is 0 Å². The Morgan fingerprint density at radius 2 is 0.976 bits per heavy atom. The van der Waals surface area contributed by atoms with E-state index in [0.29, 0.717) is 29.5 Å². The number of nitrogens with zero attached hydrogens (tertiary/aromatic N) is 1. The lowest BCUT2D eigenvalue weighted by Gasteiger charge is -2.22. The van der Waals surface area contributed by atoms with Crippen LogP contribution in [0.3, 0.4) is 0 Å². The number of nitrogens with one attached hydrogen (secondary N) is 1. The zero-order valence-electron chi connectivity index (χ0n) is 48.8. The van der Waals surface area contributed by atoms with Crippen LogP contribution in [0.4, 0.5) is 0 Å².